The van der Waals surface area contributed by atoms with Gasteiger partial charge in [-0.15, -0.1) is 0 Å². The summed E-state index contributed by atoms with van der Waals surface area (Å²) < 4.78 is 45.3. The smallest absolute Gasteiger partial charge is 0.346 e. The second-order valence-corrected chi connectivity index (χ2v) is 8.64. The summed E-state index contributed by atoms with van der Waals surface area (Å²) in [4.78, 5) is 23.9. The SMILES string of the molecule is Cc1ccc(S(=O)(=O)NCC(=O)N/N=C\c2ccc(OC(=O)c3ccccc3F)cc2)cc1. The topological polar surface area (TPSA) is 114 Å². The van der Waals surface area contributed by atoms with Crippen molar-refractivity contribution in [3.8, 4) is 5.75 Å². The molecule has 0 saturated heterocycles. The first-order chi connectivity index (χ1) is 15.7. The van der Waals surface area contributed by atoms with Gasteiger partial charge in [-0.3, -0.25) is 4.79 Å². The Kier molecular flexibility index (Phi) is 7.65. The van der Waals surface area contributed by atoms with Crippen molar-refractivity contribution in [1.29, 1.82) is 0 Å². The van der Waals surface area contributed by atoms with Crippen molar-refractivity contribution in [3.05, 3.63) is 95.3 Å². The lowest BCUT2D eigenvalue weighted by molar-refractivity contribution is -0.119. The third-order valence-corrected chi connectivity index (χ3v) is 5.76. The number of hydrogen-bond acceptors (Lipinski definition) is 6. The summed E-state index contributed by atoms with van der Waals surface area (Å²) in [5.74, 6) is -1.95. The van der Waals surface area contributed by atoms with E-state index in [1.807, 2.05) is 6.92 Å². The number of esters is 1. The Bertz CT molecular complexity index is 1270. The normalized spacial score (nSPS) is 11.3. The highest BCUT2D eigenvalue weighted by molar-refractivity contribution is 7.89. The highest BCUT2D eigenvalue weighted by Gasteiger charge is 2.15. The lowest BCUT2D eigenvalue weighted by Crippen LogP contribution is -2.34. The van der Waals surface area contributed by atoms with Crippen molar-refractivity contribution in [2.45, 2.75) is 11.8 Å². The van der Waals surface area contributed by atoms with Crippen LogP contribution in [0.4, 0.5) is 4.39 Å². The molecule has 0 aliphatic heterocycles. The van der Waals surface area contributed by atoms with Crippen LogP contribution in [0, 0.1) is 12.7 Å². The molecule has 0 aliphatic carbocycles. The van der Waals surface area contributed by atoms with Gasteiger partial charge < -0.3 is 4.74 Å². The van der Waals surface area contributed by atoms with Gasteiger partial charge in [0.05, 0.1) is 23.2 Å². The van der Waals surface area contributed by atoms with Crippen LogP contribution in [0.3, 0.4) is 0 Å². The third-order valence-electron chi connectivity index (χ3n) is 4.34. The molecule has 3 rings (SSSR count). The number of ether oxygens (including phenoxy) is 1. The van der Waals surface area contributed by atoms with Gasteiger partial charge in [0.25, 0.3) is 5.91 Å². The molecule has 8 nitrogen and oxygen atoms in total. The predicted octanol–water partition coefficient (Wildman–Crippen LogP) is 2.78. The number of carbonyl (C=O) groups is 2. The molecule has 2 N–H and O–H groups in total. The maximum Gasteiger partial charge on any atom is 0.346 e. The number of amides is 1. The van der Waals surface area contributed by atoms with E-state index in [-0.39, 0.29) is 16.2 Å². The molecule has 0 heterocycles. The number of nitrogens with one attached hydrogen (secondary N) is 2. The fraction of sp³-hybridized carbons (Fsp3) is 0.0870. The van der Waals surface area contributed by atoms with Crippen LogP contribution < -0.4 is 14.9 Å². The van der Waals surface area contributed by atoms with Gasteiger partial charge >= 0.3 is 5.97 Å². The Balaban J connectivity index is 1.49. The van der Waals surface area contributed by atoms with Crippen molar-refractivity contribution >= 4 is 28.1 Å². The summed E-state index contributed by atoms with van der Waals surface area (Å²) in [7, 11) is -3.81. The number of rotatable bonds is 8. The van der Waals surface area contributed by atoms with Crippen molar-refractivity contribution in [3.63, 3.8) is 0 Å². The number of hydrazone groups is 1. The van der Waals surface area contributed by atoms with E-state index in [1.165, 1.54) is 48.7 Å². The molecule has 0 fully saturated rings. The summed E-state index contributed by atoms with van der Waals surface area (Å²) in [6, 6.07) is 17.8. The van der Waals surface area contributed by atoms with Crippen LogP contribution in [-0.4, -0.2) is 33.1 Å². The van der Waals surface area contributed by atoms with Crippen LogP contribution in [0.2, 0.25) is 0 Å². The first-order valence-electron chi connectivity index (χ1n) is 9.69. The van der Waals surface area contributed by atoms with Crippen LogP contribution in [0.1, 0.15) is 21.5 Å². The lowest BCUT2D eigenvalue weighted by atomic mass is 10.2. The first-order valence-corrected chi connectivity index (χ1v) is 11.2. The molecule has 170 valence electrons. The fourth-order valence-electron chi connectivity index (χ4n) is 2.59. The monoisotopic (exact) mass is 469 g/mol. The number of aryl methyl sites for hydroxylation is 1. The second-order valence-electron chi connectivity index (χ2n) is 6.87. The molecular formula is C23H20FN3O5S. The number of carbonyl (C=O) groups excluding carboxylic acids is 2. The van der Waals surface area contributed by atoms with Crippen molar-refractivity contribution in [2.75, 3.05) is 6.54 Å². The Morgan fingerprint density at radius 2 is 1.67 bits per heavy atom. The molecule has 3 aromatic rings. The van der Waals surface area contributed by atoms with E-state index in [0.717, 1.165) is 11.6 Å². The molecule has 1 amide bonds. The molecule has 0 bridgehead atoms. The van der Waals surface area contributed by atoms with E-state index in [2.05, 4.69) is 15.2 Å². The molecule has 3 aromatic carbocycles. The number of benzene rings is 3. The highest BCUT2D eigenvalue weighted by Crippen LogP contribution is 2.15. The van der Waals surface area contributed by atoms with Crippen LogP contribution in [-0.2, 0) is 14.8 Å². The van der Waals surface area contributed by atoms with Crippen molar-refractivity contribution < 1.29 is 27.1 Å². The fourth-order valence-corrected chi connectivity index (χ4v) is 3.57. The van der Waals surface area contributed by atoms with Gasteiger partial charge in [0, 0.05) is 0 Å². The molecule has 10 heteroatoms. The van der Waals surface area contributed by atoms with E-state index in [4.69, 9.17) is 4.74 Å². The van der Waals surface area contributed by atoms with Gasteiger partial charge in [-0.05, 0) is 61.0 Å². The number of halogens is 1. The lowest BCUT2D eigenvalue weighted by Gasteiger charge is -2.06. The van der Waals surface area contributed by atoms with Crippen molar-refractivity contribution in [1.82, 2.24) is 10.1 Å². The Morgan fingerprint density at radius 1 is 1.00 bits per heavy atom. The summed E-state index contributed by atoms with van der Waals surface area (Å²) in [6.45, 7) is 1.35. The van der Waals surface area contributed by atoms with Crippen LogP contribution >= 0.6 is 0 Å². The Labute approximate surface area is 190 Å². The minimum atomic E-state index is -3.81. The average Bonchev–Trinajstić information content (AvgIpc) is 2.79. The molecule has 0 aliphatic rings. The second kappa shape index (κ2) is 10.6. The zero-order valence-corrected chi connectivity index (χ0v) is 18.3. The third kappa shape index (κ3) is 6.79. The molecule has 0 aromatic heterocycles. The molecule has 0 spiro atoms. The molecule has 33 heavy (non-hydrogen) atoms. The van der Waals surface area contributed by atoms with Gasteiger partial charge in [0.1, 0.15) is 11.6 Å². The number of sulfonamides is 1. The standard InChI is InChI=1S/C23H20FN3O5S/c1-16-6-12-19(13-7-16)33(30,31)26-15-22(28)27-25-14-17-8-10-18(11-9-17)32-23(29)20-4-2-3-5-21(20)24/h2-14,26H,15H2,1H3,(H,27,28)/b25-14-. The minimum Gasteiger partial charge on any atom is -0.423 e. The van der Waals surface area contributed by atoms with Gasteiger partial charge in [0.2, 0.25) is 10.0 Å². The van der Waals surface area contributed by atoms with Crippen molar-refractivity contribution in [2.24, 2.45) is 5.10 Å². The van der Waals surface area contributed by atoms with E-state index in [1.54, 1.807) is 24.3 Å². The molecule has 0 unspecified atom stereocenters. The van der Waals surface area contributed by atoms with Crippen LogP contribution in [0.15, 0.2) is 82.8 Å². The maximum absolute atomic E-state index is 13.6. The molecule has 0 saturated carbocycles. The first kappa shape index (κ1) is 23.8. The quantitative estimate of drug-likeness (QED) is 0.228. The molecule has 0 atom stereocenters. The average molecular weight is 469 g/mol. The van der Waals surface area contributed by atoms with Gasteiger partial charge in [0.15, 0.2) is 0 Å². The summed E-state index contributed by atoms with van der Waals surface area (Å²) in [5, 5.41) is 3.76. The number of nitrogens with zero attached hydrogens (tertiary/aromatic N) is 1. The Hall–Kier alpha value is -3.89. The van der Waals surface area contributed by atoms with Gasteiger partial charge in [-0.1, -0.05) is 29.8 Å². The van der Waals surface area contributed by atoms with E-state index in [9.17, 15) is 22.4 Å². The number of hydrogen-bond donors (Lipinski definition) is 2. The Morgan fingerprint density at radius 3 is 2.33 bits per heavy atom. The molecular weight excluding hydrogens is 449 g/mol. The zero-order chi connectivity index (χ0) is 23.8. The summed E-state index contributed by atoms with van der Waals surface area (Å²) in [6.07, 6.45) is 1.33. The largest absolute Gasteiger partial charge is 0.423 e. The predicted molar refractivity (Wildman–Crippen MR) is 120 cm³/mol. The summed E-state index contributed by atoms with van der Waals surface area (Å²) >= 11 is 0. The van der Waals surface area contributed by atoms with E-state index in [0.29, 0.717) is 5.56 Å². The van der Waals surface area contributed by atoms with Gasteiger partial charge in [-0.25, -0.2) is 27.8 Å². The summed E-state index contributed by atoms with van der Waals surface area (Å²) in [5.41, 5.74) is 3.52. The highest BCUT2D eigenvalue weighted by atomic mass is 32.2. The van der Waals surface area contributed by atoms with Crippen LogP contribution in [0.5, 0.6) is 5.75 Å². The molecule has 0 radical (unpaired) electrons. The van der Waals surface area contributed by atoms with Crippen LogP contribution in [0.25, 0.3) is 0 Å². The minimum absolute atomic E-state index is 0.0557. The van der Waals surface area contributed by atoms with E-state index < -0.39 is 34.3 Å². The van der Waals surface area contributed by atoms with Gasteiger partial charge in [-0.2, -0.15) is 5.10 Å². The van der Waals surface area contributed by atoms with E-state index >= 15 is 0 Å². The zero-order valence-electron chi connectivity index (χ0n) is 17.5. The maximum atomic E-state index is 13.6.